The number of hydrogen-bond acceptors (Lipinski definition) is 2. The van der Waals surface area contributed by atoms with Crippen molar-refractivity contribution in [2.75, 3.05) is 18.0 Å². The van der Waals surface area contributed by atoms with Gasteiger partial charge in [-0.2, -0.15) is 0 Å². The molecule has 1 heterocycles. The van der Waals surface area contributed by atoms with E-state index in [1.165, 1.54) is 29.5 Å². The fourth-order valence-electron chi connectivity index (χ4n) is 3.07. The number of rotatable bonds is 5. The summed E-state index contributed by atoms with van der Waals surface area (Å²) in [7, 11) is 0. The van der Waals surface area contributed by atoms with Gasteiger partial charge in [-0.1, -0.05) is 30.3 Å². The zero-order valence-electron chi connectivity index (χ0n) is 13.7. The molecule has 0 fully saturated rings. The van der Waals surface area contributed by atoms with Gasteiger partial charge in [0.15, 0.2) is 0 Å². The molecule has 24 heavy (non-hydrogen) atoms. The van der Waals surface area contributed by atoms with E-state index in [1.807, 2.05) is 6.07 Å². The Balaban J connectivity index is 1.49. The highest BCUT2D eigenvalue weighted by Gasteiger charge is 2.24. The van der Waals surface area contributed by atoms with Crippen LogP contribution in [-0.4, -0.2) is 25.0 Å². The van der Waals surface area contributed by atoms with Gasteiger partial charge in [0.2, 0.25) is 5.91 Å². The molecule has 0 aromatic heterocycles. The second kappa shape index (κ2) is 7.30. The Morgan fingerprint density at radius 3 is 2.79 bits per heavy atom. The molecular formula is C20H21FN2O. The van der Waals surface area contributed by atoms with E-state index in [2.05, 4.69) is 35.3 Å². The van der Waals surface area contributed by atoms with Gasteiger partial charge in [0.1, 0.15) is 5.82 Å². The van der Waals surface area contributed by atoms with Crippen molar-refractivity contribution in [3.8, 4) is 0 Å². The Bertz CT molecular complexity index is 740. The first kappa shape index (κ1) is 16.2. The molecule has 3 nitrogen and oxygen atoms in total. The van der Waals surface area contributed by atoms with Crippen molar-refractivity contribution < 1.29 is 9.18 Å². The van der Waals surface area contributed by atoms with E-state index in [1.54, 1.807) is 18.2 Å². The van der Waals surface area contributed by atoms with E-state index in [4.69, 9.17) is 0 Å². The summed E-state index contributed by atoms with van der Waals surface area (Å²) in [6, 6.07) is 14.9. The number of carbonyl (C=O) groups is 1. The van der Waals surface area contributed by atoms with Crippen molar-refractivity contribution in [3.05, 3.63) is 71.6 Å². The topological polar surface area (TPSA) is 32.3 Å². The van der Waals surface area contributed by atoms with Crippen molar-refractivity contribution in [2.24, 2.45) is 0 Å². The second-order valence-electron chi connectivity index (χ2n) is 6.05. The lowest BCUT2D eigenvalue weighted by Crippen LogP contribution is -2.37. The third-order valence-electron chi connectivity index (χ3n) is 4.30. The van der Waals surface area contributed by atoms with Crippen LogP contribution in [0.15, 0.2) is 54.6 Å². The molecule has 0 saturated carbocycles. The lowest BCUT2D eigenvalue weighted by Gasteiger charge is -2.24. The van der Waals surface area contributed by atoms with Gasteiger partial charge in [0.25, 0.3) is 0 Å². The summed E-state index contributed by atoms with van der Waals surface area (Å²) in [6.45, 7) is 3.58. The summed E-state index contributed by atoms with van der Waals surface area (Å²) in [5.74, 6) is -0.420. The maximum absolute atomic E-state index is 12.8. The lowest BCUT2D eigenvalue weighted by atomic mass is 10.1. The predicted molar refractivity (Wildman–Crippen MR) is 95.4 cm³/mol. The molecule has 0 aliphatic carbocycles. The quantitative estimate of drug-likeness (QED) is 0.855. The van der Waals surface area contributed by atoms with Crippen LogP contribution < -0.4 is 10.2 Å². The molecule has 1 aliphatic rings. The standard InChI is InChI=1S/C20H21FN2O/c1-15-14-17-4-2-3-5-19(17)23(15)13-12-22-20(24)11-8-16-6-9-18(21)10-7-16/h2-11,15H,12-14H2,1H3,(H,22,24). The first-order valence-corrected chi connectivity index (χ1v) is 8.19. The number of halogens is 1. The molecule has 2 aromatic carbocycles. The third-order valence-corrected chi connectivity index (χ3v) is 4.30. The van der Waals surface area contributed by atoms with Crippen molar-refractivity contribution >= 4 is 17.7 Å². The summed E-state index contributed by atoms with van der Waals surface area (Å²) < 4.78 is 12.8. The van der Waals surface area contributed by atoms with Crippen molar-refractivity contribution in [2.45, 2.75) is 19.4 Å². The fraction of sp³-hybridized carbons (Fsp3) is 0.250. The van der Waals surface area contributed by atoms with E-state index in [9.17, 15) is 9.18 Å². The molecule has 3 rings (SSSR count). The van der Waals surface area contributed by atoms with Crippen molar-refractivity contribution in [1.82, 2.24) is 5.32 Å². The van der Waals surface area contributed by atoms with E-state index in [0.29, 0.717) is 12.6 Å². The van der Waals surface area contributed by atoms with Gasteiger partial charge in [0, 0.05) is 30.9 Å². The van der Waals surface area contributed by atoms with Crippen LogP contribution in [0.4, 0.5) is 10.1 Å². The molecule has 0 radical (unpaired) electrons. The normalized spacial score (nSPS) is 16.4. The average molecular weight is 324 g/mol. The maximum Gasteiger partial charge on any atom is 0.244 e. The predicted octanol–water partition coefficient (Wildman–Crippen LogP) is 3.41. The Kier molecular flexibility index (Phi) is 4.94. The van der Waals surface area contributed by atoms with Crippen LogP contribution in [0.1, 0.15) is 18.1 Å². The van der Waals surface area contributed by atoms with Crippen LogP contribution in [0.5, 0.6) is 0 Å². The maximum atomic E-state index is 12.8. The molecule has 0 bridgehead atoms. The van der Waals surface area contributed by atoms with Crippen molar-refractivity contribution in [1.29, 1.82) is 0 Å². The first-order valence-electron chi connectivity index (χ1n) is 8.19. The Morgan fingerprint density at radius 2 is 2.00 bits per heavy atom. The van der Waals surface area contributed by atoms with Crippen LogP contribution in [0.2, 0.25) is 0 Å². The highest BCUT2D eigenvalue weighted by Crippen LogP contribution is 2.31. The SMILES string of the molecule is CC1Cc2ccccc2N1CCNC(=O)C=Cc1ccc(F)cc1. The van der Waals surface area contributed by atoms with Gasteiger partial charge >= 0.3 is 0 Å². The summed E-state index contributed by atoms with van der Waals surface area (Å²) in [4.78, 5) is 14.2. The largest absolute Gasteiger partial charge is 0.367 e. The first-order chi connectivity index (χ1) is 11.6. The van der Waals surface area contributed by atoms with Crippen LogP contribution in [-0.2, 0) is 11.2 Å². The Labute approximate surface area is 141 Å². The molecule has 0 saturated heterocycles. The van der Waals surface area contributed by atoms with E-state index >= 15 is 0 Å². The molecule has 1 N–H and O–H groups in total. The van der Waals surface area contributed by atoms with Gasteiger partial charge in [-0.05, 0) is 48.7 Å². The fourth-order valence-corrected chi connectivity index (χ4v) is 3.07. The number of benzene rings is 2. The lowest BCUT2D eigenvalue weighted by molar-refractivity contribution is -0.116. The zero-order valence-corrected chi connectivity index (χ0v) is 13.7. The summed E-state index contributed by atoms with van der Waals surface area (Å²) in [5, 5.41) is 2.90. The molecule has 1 aliphatic heterocycles. The summed E-state index contributed by atoms with van der Waals surface area (Å²) >= 11 is 0. The van der Waals surface area contributed by atoms with E-state index in [0.717, 1.165) is 18.5 Å². The highest BCUT2D eigenvalue weighted by atomic mass is 19.1. The second-order valence-corrected chi connectivity index (χ2v) is 6.05. The smallest absolute Gasteiger partial charge is 0.244 e. The molecule has 4 heteroatoms. The number of amides is 1. The molecule has 124 valence electrons. The van der Waals surface area contributed by atoms with Crippen LogP contribution >= 0.6 is 0 Å². The third kappa shape index (κ3) is 3.82. The van der Waals surface area contributed by atoms with Crippen LogP contribution in [0.3, 0.4) is 0 Å². The summed E-state index contributed by atoms with van der Waals surface area (Å²) in [5.41, 5.74) is 3.43. The number of anilines is 1. The Hall–Kier alpha value is -2.62. The number of nitrogens with zero attached hydrogens (tertiary/aromatic N) is 1. The molecule has 1 unspecified atom stereocenters. The minimum Gasteiger partial charge on any atom is -0.367 e. The number of hydrogen-bond donors (Lipinski definition) is 1. The minimum absolute atomic E-state index is 0.139. The van der Waals surface area contributed by atoms with E-state index < -0.39 is 0 Å². The monoisotopic (exact) mass is 324 g/mol. The molecule has 1 atom stereocenters. The Morgan fingerprint density at radius 1 is 1.25 bits per heavy atom. The van der Waals surface area contributed by atoms with Gasteiger partial charge < -0.3 is 10.2 Å². The number of para-hydroxylation sites is 1. The summed E-state index contributed by atoms with van der Waals surface area (Å²) in [6.07, 6.45) is 4.21. The van der Waals surface area contributed by atoms with Gasteiger partial charge in [0.05, 0.1) is 0 Å². The highest BCUT2D eigenvalue weighted by molar-refractivity contribution is 5.91. The van der Waals surface area contributed by atoms with E-state index in [-0.39, 0.29) is 11.7 Å². The van der Waals surface area contributed by atoms with Gasteiger partial charge in [-0.15, -0.1) is 0 Å². The van der Waals surface area contributed by atoms with Crippen LogP contribution in [0.25, 0.3) is 6.08 Å². The molecule has 2 aromatic rings. The van der Waals surface area contributed by atoms with Gasteiger partial charge in [-0.25, -0.2) is 4.39 Å². The molecular weight excluding hydrogens is 303 g/mol. The molecule has 1 amide bonds. The average Bonchev–Trinajstić information content (AvgIpc) is 2.90. The number of fused-ring (bicyclic) bond motifs is 1. The number of nitrogens with one attached hydrogen (secondary N) is 1. The minimum atomic E-state index is -0.281. The number of carbonyl (C=O) groups excluding carboxylic acids is 1. The van der Waals surface area contributed by atoms with Crippen molar-refractivity contribution in [3.63, 3.8) is 0 Å². The zero-order chi connectivity index (χ0) is 16.9. The van der Waals surface area contributed by atoms with Gasteiger partial charge in [-0.3, -0.25) is 4.79 Å². The molecule has 0 spiro atoms. The van der Waals surface area contributed by atoms with Crippen LogP contribution in [0, 0.1) is 5.82 Å².